The molecule has 0 aliphatic carbocycles. The number of amides is 6. The molecule has 2 aromatic carbocycles. The molecular formula is C49H57N7O15. The van der Waals surface area contributed by atoms with Crippen LogP contribution in [0.5, 0.6) is 5.75 Å². The second kappa shape index (κ2) is 25.5. The van der Waals surface area contributed by atoms with E-state index in [1.54, 1.807) is 53.7 Å². The molecule has 2 saturated heterocycles. The number of esters is 1. The van der Waals surface area contributed by atoms with Gasteiger partial charge in [0, 0.05) is 75.3 Å². The molecule has 2 fully saturated rings. The molecule has 0 bridgehead atoms. The zero-order valence-corrected chi connectivity index (χ0v) is 38.6. The van der Waals surface area contributed by atoms with E-state index in [9.17, 15) is 58.8 Å². The summed E-state index contributed by atoms with van der Waals surface area (Å²) in [5.74, 6) is -5.30. The number of carbonyl (C=O) groups is 8. The number of piperidine rings is 1. The first-order valence-corrected chi connectivity index (χ1v) is 23.1. The molecule has 0 unspecified atom stereocenters. The van der Waals surface area contributed by atoms with Gasteiger partial charge in [-0.15, -0.1) is 0 Å². The van der Waals surface area contributed by atoms with Crippen molar-refractivity contribution >= 4 is 59.1 Å². The fraction of sp³-hybridized carbons (Fsp3) is 0.408. The summed E-state index contributed by atoms with van der Waals surface area (Å²) in [7, 11) is 0. The second-order valence-corrected chi connectivity index (χ2v) is 17.1. The van der Waals surface area contributed by atoms with Crippen molar-refractivity contribution in [2.24, 2.45) is 11.7 Å². The van der Waals surface area contributed by atoms with Crippen LogP contribution in [-0.2, 0) is 56.1 Å². The Morgan fingerprint density at radius 3 is 2.35 bits per heavy atom. The first kappa shape index (κ1) is 53.0. The van der Waals surface area contributed by atoms with E-state index in [1.807, 2.05) is 6.07 Å². The Bertz CT molecular complexity index is 2460. The number of hydrogen-bond acceptors (Lipinski definition) is 16. The normalized spacial score (nSPS) is 20.6. The molecule has 0 saturated carbocycles. The standard InChI is InChI=1S/C49H57N7O15/c50-26-35(56-39(59)13-14-40(56)60)46(65)53-20-15-38(58)54-34-24-32(9-11-36(34)70-49-44(64)42(62)43(63)45(71-49)48(67)68)28-69-41(61)25-31-6-3-8-33(23-31)47(66)55-21-16-29(17-22-55)5-1-2-19-52-37(57)12-10-30-7-4-18-51-27-30/h3-4,6-14,18,23-24,27,29,35,42-45,49,62-64H,1-2,5,15-17,19-22,25-26,28,50H2,(H,52,57)(H,53,65)(H,54,58)(H,67,68)/b12-10+/t35-,42-,43-,44+,45-,49+/m0/s1. The molecular weight excluding hydrogens is 927 g/mol. The average Bonchev–Trinajstić information content (AvgIpc) is 3.69. The summed E-state index contributed by atoms with van der Waals surface area (Å²) in [4.78, 5) is 107. The average molecular weight is 984 g/mol. The molecule has 378 valence electrons. The molecule has 0 radical (unpaired) electrons. The zero-order chi connectivity index (χ0) is 51.0. The highest BCUT2D eigenvalue weighted by atomic mass is 16.7. The molecule has 22 heteroatoms. The van der Waals surface area contributed by atoms with E-state index in [0.29, 0.717) is 47.1 Å². The number of unbranched alkanes of at least 4 members (excludes halogenated alkanes) is 1. The molecule has 1 aromatic heterocycles. The van der Waals surface area contributed by atoms with Gasteiger partial charge in [-0.3, -0.25) is 43.4 Å². The second-order valence-electron chi connectivity index (χ2n) is 17.1. The van der Waals surface area contributed by atoms with Crippen molar-refractivity contribution in [2.45, 2.75) is 88.3 Å². The number of ether oxygens (including phenoxy) is 3. The van der Waals surface area contributed by atoms with Gasteiger partial charge in [-0.25, -0.2) is 4.79 Å². The molecule has 9 N–H and O–H groups in total. The van der Waals surface area contributed by atoms with Gasteiger partial charge in [-0.05, 0) is 78.3 Å². The minimum atomic E-state index is -2.00. The van der Waals surface area contributed by atoms with Crippen molar-refractivity contribution in [2.75, 3.05) is 38.0 Å². The Kier molecular flexibility index (Phi) is 19.0. The van der Waals surface area contributed by atoms with Gasteiger partial charge in [-0.1, -0.05) is 37.1 Å². The van der Waals surface area contributed by atoms with Crippen molar-refractivity contribution in [3.05, 3.63) is 107 Å². The third-order valence-corrected chi connectivity index (χ3v) is 12.0. The maximum absolute atomic E-state index is 13.5. The highest BCUT2D eigenvalue weighted by Gasteiger charge is 2.48. The zero-order valence-electron chi connectivity index (χ0n) is 38.6. The Morgan fingerprint density at radius 2 is 1.65 bits per heavy atom. The minimum absolute atomic E-state index is 0.0976. The molecule has 6 amide bonds. The van der Waals surface area contributed by atoms with Crippen LogP contribution in [0.1, 0.15) is 65.6 Å². The van der Waals surface area contributed by atoms with Crippen LogP contribution in [0.3, 0.4) is 0 Å². The Balaban J connectivity index is 0.995. The number of aliphatic carboxylic acids is 1. The van der Waals surface area contributed by atoms with Gasteiger partial charge in [0.05, 0.1) is 12.1 Å². The van der Waals surface area contributed by atoms with Gasteiger partial charge in [0.1, 0.15) is 36.7 Å². The first-order chi connectivity index (χ1) is 34.1. The molecule has 0 spiro atoms. The van der Waals surface area contributed by atoms with E-state index in [4.69, 9.17) is 19.9 Å². The Hall–Kier alpha value is -7.37. The van der Waals surface area contributed by atoms with E-state index in [2.05, 4.69) is 20.9 Å². The van der Waals surface area contributed by atoms with Gasteiger partial charge >= 0.3 is 11.9 Å². The summed E-state index contributed by atoms with van der Waals surface area (Å²) in [6.45, 7) is 0.775. The van der Waals surface area contributed by atoms with E-state index >= 15 is 0 Å². The van der Waals surface area contributed by atoms with E-state index in [1.165, 1.54) is 24.3 Å². The number of aliphatic hydroxyl groups excluding tert-OH is 3. The first-order valence-electron chi connectivity index (χ1n) is 23.1. The molecule has 3 aromatic rings. The Labute approximate surface area is 407 Å². The van der Waals surface area contributed by atoms with Crippen molar-refractivity contribution < 1.29 is 73.0 Å². The highest BCUT2D eigenvalue weighted by molar-refractivity contribution is 6.15. The van der Waals surface area contributed by atoms with Crippen LogP contribution >= 0.6 is 0 Å². The Morgan fingerprint density at radius 1 is 0.887 bits per heavy atom. The van der Waals surface area contributed by atoms with Crippen LogP contribution in [0, 0.1) is 5.92 Å². The number of carbonyl (C=O) groups excluding carboxylic acids is 7. The summed E-state index contributed by atoms with van der Waals surface area (Å²) in [6, 6.07) is 13.1. The summed E-state index contributed by atoms with van der Waals surface area (Å²) < 4.78 is 16.5. The number of anilines is 1. The van der Waals surface area contributed by atoms with Crippen molar-refractivity contribution in [1.29, 1.82) is 0 Å². The van der Waals surface area contributed by atoms with E-state index < -0.39 is 72.3 Å². The number of pyridine rings is 1. The molecule has 6 atom stereocenters. The lowest BCUT2D eigenvalue weighted by Crippen LogP contribution is -2.61. The third-order valence-electron chi connectivity index (χ3n) is 12.0. The van der Waals surface area contributed by atoms with Crippen molar-refractivity contribution in [3.63, 3.8) is 0 Å². The number of nitrogens with one attached hydrogen (secondary N) is 3. The van der Waals surface area contributed by atoms with Gasteiger partial charge in [-0.2, -0.15) is 0 Å². The molecule has 3 aliphatic rings. The predicted molar refractivity (Wildman–Crippen MR) is 250 cm³/mol. The van der Waals surface area contributed by atoms with Crippen LogP contribution in [-0.4, -0.2) is 152 Å². The summed E-state index contributed by atoms with van der Waals surface area (Å²) in [5.41, 5.74) is 7.69. The van der Waals surface area contributed by atoms with Crippen molar-refractivity contribution in [1.82, 2.24) is 25.4 Å². The number of imide groups is 1. The third kappa shape index (κ3) is 14.8. The summed E-state index contributed by atoms with van der Waals surface area (Å²) in [6.07, 6.45) is 2.72. The van der Waals surface area contributed by atoms with Gasteiger partial charge < -0.3 is 61.2 Å². The fourth-order valence-corrected chi connectivity index (χ4v) is 8.10. The van der Waals surface area contributed by atoms with Crippen LogP contribution in [0.25, 0.3) is 6.08 Å². The lowest BCUT2D eigenvalue weighted by Gasteiger charge is -2.38. The number of carboxylic acids is 1. The largest absolute Gasteiger partial charge is 0.479 e. The number of aromatic nitrogens is 1. The summed E-state index contributed by atoms with van der Waals surface area (Å²) >= 11 is 0. The molecule has 22 nitrogen and oxygen atoms in total. The maximum Gasteiger partial charge on any atom is 0.335 e. The predicted octanol–water partition coefficient (Wildman–Crippen LogP) is 0.188. The quantitative estimate of drug-likeness (QED) is 0.0288. The fourth-order valence-electron chi connectivity index (χ4n) is 8.10. The van der Waals surface area contributed by atoms with E-state index in [0.717, 1.165) is 49.8 Å². The monoisotopic (exact) mass is 983 g/mol. The molecule has 3 aliphatic heterocycles. The minimum Gasteiger partial charge on any atom is -0.479 e. The highest BCUT2D eigenvalue weighted by Crippen LogP contribution is 2.32. The van der Waals surface area contributed by atoms with Crippen molar-refractivity contribution in [3.8, 4) is 5.75 Å². The smallest absolute Gasteiger partial charge is 0.335 e. The number of aliphatic hydroxyl groups is 3. The van der Waals surface area contributed by atoms with Crippen LogP contribution < -0.4 is 26.4 Å². The van der Waals surface area contributed by atoms with Crippen LogP contribution in [0.2, 0.25) is 0 Å². The van der Waals surface area contributed by atoms with Crippen LogP contribution in [0.15, 0.2) is 85.2 Å². The molecule has 6 rings (SSSR count). The number of benzene rings is 2. The number of carboxylic acid groups (broad SMARTS) is 1. The summed E-state index contributed by atoms with van der Waals surface area (Å²) in [5, 5.41) is 48.5. The molecule has 4 heterocycles. The number of nitrogens with zero attached hydrogens (tertiary/aromatic N) is 3. The number of rotatable bonds is 22. The number of likely N-dealkylation sites (tertiary alicyclic amines) is 1. The van der Waals surface area contributed by atoms with Gasteiger partial charge in [0.2, 0.25) is 24.0 Å². The van der Waals surface area contributed by atoms with Gasteiger partial charge in [0.15, 0.2) is 6.10 Å². The topological polar surface area (TPSA) is 327 Å². The van der Waals surface area contributed by atoms with E-state index in [-0.39, 0.29) is 55.8 Å². The van der Waals surface area contributed by atoms with Gasteiger partial charge in [0.25, 0.3) is 17.7 Å². The SMILES string of the molecule is NC[C@@H](C(=O)NCCC(=O)Nc1cc(COC(=O)Cc2cccc(C(=O)N3CCC(CCCCNC(=O)/C=C/c4cccnc4)CC3)c2)ccc1O[C@@H]1O[C@H](C(=O)O)[C@@H](O)[C@H](O)[C@H]1O)N1C(=O)C=CC1=O. The van der Waals surface area contributed by atoms with Crippen LogP contribution in [0.4, 0.5) is 5.69 Å². The lowest BCUT2D eigenvalue weighted by molar-refractivity contribution is -0.271. The maximum atomic E-state index is 13.5. The lowest BCUT2D eigenvalue weighted by atomic mass is 9.91. The number of nitrogens with two attached hydrogens (primary N) is 1. The molecule has 71 heavy (non-hydrogen) atoms. The number of hydrogen-bond donors (Lipinski definition) is 8.